The van der Waals surface area contributed by atoms with Crippen LogP contribution in [0.2, 0.25) is 10.0 Å². The van der Waals surface area contributed by atoms with Gasteiger partial charge in [0.05, 0.1) is 12.5 Å². The molecular weight excluding hydrogens is 567 g/mol. The van der Waals surface area contributed by atoms with Gasteiger partial charge in [0.2, 0.25) is 5.91 Å². The van der Waals surface area contributed by atoms with Gasteiger partial charge in [-0.25, -0.2) is 9.28 Å². The van der Waals surface area contributed by atoms with Crippen molar-refractivity contribution < 1.29 is 33.8 Å². The van der Waals surface area contributed by atoms with E-state index in [2.05, 4.69) is 5.32 Å². The van der Waals surface area contributed by atoms with Crippen LogP contribution in [0.15, 0.2) is 72.8 Å². The van der Waals surface area contributed by atoms with Crippen LogP contribution in [0.5, 0.6) is 5.75 Å². The molecule has 1 aliphatic heterocycles. The maximum absolute atomic E-state index is 13.1. The van der Waals surface area contributed by atoms with Gasteiger partial charge in [0, 0.05) is 40.4 Å². The molecule has 10 heteroatoms. The zero-order chi connectivity index (χ0) is 29.6. The van der Waals surface area contributed by atoms with Gasteiger partial charge in [0.15, 0.2) is 0 Å². The van der Waals surface area contributed by atoms with E-state index in [-0.39, 0.29) is 36.5 Å². The topological polar surface area (TPSA) is 113 Å². The van der Waals surface area contributed by atoms with Crippen molar-refractivity contribution in [3.05, 3.63) is 99.5 Å². The van der Waals surface area contributed by atoms with Gasteiger partial charge in [-0.1, -0.05) is 71.7 Å². The Morgan fingerprint density at radius 3 is 2.20 bits per heavy atom. The number of aliphatic carboxylic acids is 1. The average molecular weight is 601 g/mol. The number of hydrogen-bond acceptors (Lipinski definition) is 4. The van der Waals surface area contributed by atoms with Crippen LogP contribution in [0.4, 0.5) is 4.79 Å². The smallest absolute Gasteiger partial charge is 0.489 e. The Balaban J connectivity index is 1.39. The molecule has 4 rings (SSSR count). The molecule has 3 aromatic carbocycles. The van der Waals surface area contributed by atoms with Crippen LogP contribution in [0, 0.1) is 0 Å². The first-order chi connectivity index (χ1) is 19.6. The lowest BCUT2D eigenvalue weighted by atomic mass is 10.0. The minimum atomic E-state index is -1.17. The molecule has 2 unspecified atom stereocenters. The van der Waals surface area contributed by atoms with Crippen LogP contribution >= 0.6 is 23.2 Å². The number of halogens is 2. The molecule has 4 atom stereocenters. The van der Waals surface area contributed by atoms with Gasteiger partial charge in [-0.05, 0) is 36.8 Å². The number of amides is 2. The first kappa shape index (κ1) is 30.4. The van der Waals surface area contributed by atoms with Gasteiger partial charge in [-0.3, -0.25) is 4.79 Å². The normalized spacial score (nSPS) is 20.8. The van der Waals surface area contributed by atoms with E-state index >= 15 is 0 Å². The summed E-state index contributed by atoms with van der Waals surface area (Å²) in [7, 11) is 0. The highest BCUT2D eigenvalue weighted by Crippen LogP contribution is 2.37. The van der Waals surface area contributed by atoms with Gasteiger partial charge < -0.3 is 20.3 Å². The van der Waals surface area contributed by atoms with Crippen molar-refractivity contribution in [1.29, 1.82) is 0 Å². The Bertz CT molecular complexity index is 1360. The van der Waals surface area contributed by atoms with Gasteiger partial charge in [-0.2, -0.15) is 4.79 Å². The molecule has 0 spiro atoms. The summed E-state index contributed by atoms with van der Waals surface area (Å²) < 4.78 is 5.53. The molecule has 41 heavy (non-hydrogen) atoms. The van der Waals surface area contributed by atoms with Crippen LogP contribution in [0.3, 0.4) is 0 Å². The lowest BCUT2D eigenvalue weighted by Gasteiger charge is -2.38. The number of carbonyl (C=O) groups is 3. The summed E-state index contributed by atoms with van der Waals surface area (Å²) in [5.41, 5.74) is 2.23. The molecule has 0 saturated carbocycles. The highest BCUT2D eigenvalue weighted by molar-refractivity contribution is 6.35. The van der Waals surface area contributed by atoms with Crippen molar-refractivity contribution in [2.24, 2.45) is 0 Å². The zero-order valence-corrected chi connectivity index (χ0v) is 24.1. The predicted molar refractivity (Wildman–Crippen MR) is 156 cm³/mol. The third-order valence-corrected chi connectivity index (χ3v) is 8.57. The number of benzene rings is 3. The van der Waals surface area contributed by atoms with Crippen LogP contribution < -0.4 is 10.1 Å². The number of carbonyl (C=O) groups excluding carboxylic acids is 1. The van der Waals surface area contributed by atoms with Crippen molar-refractivity contribution in [3.63, 3.8) is 0 Å². The van der Waals surface area contributed by atoms with Gasteiger partial charge in [0.25, 0.3) is 0 Å². The summed E-state index contributed by atoms with van der Waals surface area (Å²) >= 11 is 12.4. The molecule has 0 aromatic heterocycles. The molecule has 1 fully saturated rings. The van der Waals surface area contributed by atoms with Gasteiger partial charge >= 0.3 is 12.1 Å². The molecule has 1 aliphatic rings. The minimum Gasteiger partial charge on any atom is -0.489 e. The van der Waals surface area contributed by atoms with E-state index in [0.29, 0.717) is 39.8 Å². The second kappa shape index (κ2) is 13.4. The number of rotatable bonds is 11. The van der Waals surface area contributed by atoms with Gasteiger partial charge in [-0.15, -0.1) is 0 Å². The molecule has 2 amide bonds. The lowest BCUT2D eigenvalue weighted by molar-refractivity contribution is -0.903. The number of carboxylic acid groups (broad SMARTS) is 2. The molecular formula is C31H33Cl2N2O6+. The van der Waals surface area contributed by atoms with E-state index < -0.39 is 30.1 Å². The molecule has 0 bridgehead atoms. The summed E-state index contributed by atoms with van der Waals surface area (Å²) in [4.78, 5) is 37.7. The van der Waals surface area contributed by atoms with Crippen LogP contribution in [-0.4, -0.2) is 50.8 Å². The third kappa shape index (κ3) is 7.19. The Hall–Kier alpha value is -3.59. The van der Waals surface area contributed by atoms with Crippen molar-refractivity contribution in [2.45, 2.75) is 63.9 Å². The number of quaternary nitrogens is 1. The standard InChI is InChI=1S/C31H32Cl2N2O6/c1-20-10-13-23(35(20,31(39)40)18-22-6-3-2-4-7-22)17-29(36)34-28(30(37)38)16-21-11-14-24(15-12-21)41-19-25-26(32)8-5-9-27(25)33/h2-9,11-12,14-15,20,23,28H,10,13,16-19H2,1H3,(H2-,34,36,37,38,39,40)/p+1/t20?,23-,28+,35?/m1/s1. The average Bonchev–Trinajstić information content (AvgIpc) is 3.24. The van der Waals surface area contributed by atoms with Gasteiger partial charge in [0.1, 0.15) is 31.0 Å². The highest BCUT2D eigenvalue weighted by atomic mass is 35.5. The zero-order valence-electron chi connectivity index (χ0n) is 22.6. The Kier molecular flexibility index (Phi) is 9.91. The van der Waals surface area contributed by atoms with Crippen LogP contribution in [-0.2, 0) is 29.2 Å². The van der Waals surface area contributed by atoms with Crippen molar-refractivity contribution >= 4 is 41.2 Å². The number of likely N-dealkylation sites (tertiary alicyclic amines) is 1. The number of carboxylic acids is 1. The number of hydrogen-bond donors (Lipinski definition) is 3. The monoisotopic (exact) mass is 599 g/mol. The van der Waals surface area contributed by atoms with E-state index in [9.17, 15) is 24.6 Å². The molecule has 1 heterocycles. The van der Waals surface area contributed by atoms with Crippen molar-refractivity contribution in [1.82, 2.24) is 5.32 Å². The van der Waals surface area contributed by atoms with E-state index in [4.69, 9.17) is 27.9 Å². The first-order valence-electron chi connectivity index (χ1n) is 13.4. The number of nitrogens with one attached hydrogen (secondary N) is 1. The SMILES string of the molecule is CC1CC[C@H](CC(=O)N[C@@H](Cc2ccc(OCc3c(Cl)cccc3Cl)cc2)C(=O)O)[N+]1(Cc1ccccc1)C(=O)O. The van der Waals surface area contributed by atoms with E-state index in [0.717, 1.165) is 5.56 Å². The molecule has 0 aliphatic carbocycles. The Morgan fingerprint density at radius 1 is 0.927 bits per heavy atom. The highest BCUT2D eigenvalue weighted by Gasteiger charge is 2.54. The Labute approximate surface area is 249 Å². The van der Waals surface area contributed by atoms with Crippen molar-refractivity contribution in [2.75, 3.05) is 0 Å². The quantitative estimate of drug-likeness (QED) is 0.222. The molecule has 216 valence electrons. The lowest BCUT2D eigenvalue weighted by Crippen LogP contribution is -2.59. The summed E-state index contributed by atoms with van der Waals surface area (Å²) in [5.74, 6) is -1.10. The Morgan fingerprint density at radius 2 is 1.59 bits per heavy atom. The second-order valence-corrected chi connectivity index (χ2v) is 11.3. The maximum atomic E-state index is 13.1. The largest absolute Gasteiger partial charge is 0.514 e. The molecule has 3 N–H and O–H groups in total. The number of ether oxygens (including phenoxy) is 1. The van der Waals surface area contributed by atoms with E-state index in [1.165, 1.54) is 0 Å². The van der Waals surface area contributed by atoms with Crippen LogP contribution in [0.1, 0.15) is 42.9 Å². The number of nitrogens with zero attached hydrogens (tertiary/aromatic N) is 1. The molecule has 8 nitrogen and oxygen atoms in total. The summed E-state index contributed by atoms with van der Waals surface area (Å²) in [6.45, 7) is 2.33. The summed E-state index contributed by atoms with van der Waals surface area (Å²) in [6, 6.07) is 19.6. The summed E-state index contributed by atoms with van der Waals surface area (Å²) in [6.07, 6.45) is 0.223. The third-order valence-electron chi connectivity index (χ3n) is 7.86. The fourth-order valence-electron chi connectivity index (χ4n) is 5.55. The van der Waals surface area contributed by atoms with E-state index in [1.807, 2.05) is 37.3 Å². The van der Waals surface area contributed by atoms with E-state index in [1.54, 1.807) is 42.5 Å². The van der Waals surface area contributed by atoms with Crippen LogP contribution in [0.25, 0.3) is 0 Å². The molecule has 3 aromatic rings. The maximum Gasteiger partial charge on any atom is 0.514 e. The summed E-state index contributed by atoms with van der Waals surface area (Å²) in [5, 5.41) is 23.8. The second-order valence-electron chi connectivity index (χ2n) is 10.4. The molecule has 1 saturated heterocycles. The molecule has 0 radical (unpaired) electrons. The van der Waals surface area contributed by atoms with Crippen molar-refractivity contribution in [3.8, 4) is 5.75 Å². The fourth-order valence-corrected chi connectivity index (χ4v) is 6.06. The first-order valence-corrected chi connectivity index (χ1v) is 14.2. The minimum absolute atomic E-state index is 0.0573. The predicted octanol–water partition coefficient (Wildman–Crippen LogP) is 6.32. The fraction of sp³-hybridized carbons (Fsp3) is 0.323.